The van der Waals surface area contributed by atoms with Gasteiger partial charge in [0, 0.05) is 30.8 Å². The van der Waals surface area contributed by atoms with Crippen LogP contribution in [0.25, 0.3) is 11.3 Å². The predicted molar refractivity (Wildman–Crippen MR) is 76.8 cm³/mol. The van der Waals surface area contributed by atoms with Crippen molar-refractivity contribution in [3.63, 3.8) is 0 Å². The Hall–Kier alpha value is -1.82. The number of primary amides is 1. The number of thioether (sulfide) groups is 1. The third-order valence-corrected chi connectivity index (χ3v) is 3.57. The predicted octanol–water partition coefficient (Wildman–Crippen LogP) is 1.41. The number of hydrogen-bond acceptors (Lipinski definition) is 4. The first-order chi connectivity index (χ1) is 9.13. The summed E-state index contributed by atoms with van der Waals surface area (Å²) in [6.07, 6.45) is 5.42. The van der Waals surface area contributed by atoms with Gasteiger partial charge in [0.05, 0.1) is 17.3 Å². The second-order valence-electron chi connectivity index (χ2n) is 4.23. The Morgan fingerprint density at radius 2 is 2.37 bits per heavy atom. The average Bonchev–Trinajstić information content (AvgIpc) is 2.78. The van der Waals surface area contributed by atoms with Gasteiger partial charge < -0.3 is 5.73 Å². The van der Waals surface area contributed by atoms with E-state index in [4.69, 9.17) is 5.73 Å². The number of nitrogens with two attached hydrogens (primary N) is 1. The van der Waals surface area contributed by atoms with Crippen LogP contribution in [0.15, 0.2) is 30.6 Å². The van der Waals surface area contributed by atoms with Crippen molar-refractivity contribution in [3.05, 3.63) is 36.3 Å². The SMILES string of the molecule is CSCC(C(N)=O)c1cc(-c2cccnc2)nn1C. The molecule has 6 heteroatoms. The molecule has 2 aromatic rings. The number of aryl methyl sites for hydroxylation is 1. The van der Waals surface area contributed by atoms with Crippen molar-refractivity contribution < 1.29 is 4.79 Å². The summed E-state index contributed by atoms with van der Waals surface area (Å²) in [5.74, 6) is 0.00875. The van der Waals surface area contributed by atoms with E-state index in [-0.39, 0.29) is 11.8 Å². The zero-order valence-corrected chi connectivity index (χ0v) is 11.7. The molecule has 1 amide bonds. The fourth-order valence-corrected chi connectivity index (χ4v) is 2.61. The van der Waals surface area contributed by atoms with Gasteiger partial charge in [-0.05, 0) is 24.5 Å². The minimum atomic E-state index is -0.324. The fraction of sp³-hybridized carbons (Fsp3) is 0.308. The molecule has 2 N–H and O–H groups in total. The van der Waals surface area contributed by atoms with E-state index >= 15 is 0 Å². The highest BCUT2D eigenvalue weighted by molar-refractivity contribution is 7.98. The molecule has 0 saturated carbocycles. The maximum Gasteiger partial charge on any atom is 0.227 e. The highest BCUT2D eigenvalue weighted by Gasteiger charge is 2.22. The summed E-state index contributed by atoms with van der Waals surface area (Å²) in [7, 11) is 1.82. The van der Waals surface area contributed by atoms with Crippen LogP contribution in [0.1, 0.15) is 11.6 Å². The van der Waals surface area contributed by atoms with E-state index in [1.165, 1.54) is 0 Å². The third kappa shape index (κ3) is 2.96. The Morgan fingerprint density at radius 1 is 1.58 bits per heavy atom. The van der Waals surface area contributed by atoms with E-state index in [0.717, 1.165) is 17.0 Å². The molecule has 1 atom stereocenters. The van der Waals surface area contributed by atoms with Gasteiger partial charge in [-0.25, -0.2) is 0 Å². The quantitative estimate of drug-likeness (QED) is 0.896. The molecule has 0 fully saturated rings. The Morgan fingerprint density at radius 3 is 2.95 bits per heavy atom. The smallest absolute Gasteiger partial charge is 0.227 e. The van der Waals surface area contributed by atoms with Crippen LogP contribution in [0.5, 0.6) is 0 Å². The van der Waals surface area contributed by atoms with Crippen molar-refractivity contribution in [2.24, 2.45) is 12.8 Å². The van der Waals surface area contributed by atoms with Crippen LogP contribution in [0, 0.1) is 0 Å². The molecule has 5 nitrogen and oxygen atoms in total. The Balaban J connectivity index is 2.38. The van der Waals surface area contributed by atoms with Crippen molar-refractivity contribution in [2.75, 3.05) is 12.0 Å². The lowest BCUT2D eigenvalue weighted by Gasteiger charge is -2.11. The average molecular weight is 276 g/mol. The van der Waals surface area contributed by atoms with Gasteiger partial charge in [0.15, 0.2) is 0 Å². The summed E-state index contributed by atoms with van der Waals surface area (Å²) in [4.78, 5) is 15.6. The lowest BCUT2D eigenvalue weighted by Crippen LogP contribution is -2.25. The number of rotatable bonds is 5. The van der Waals surface area contributed by atoms with Crippen LogP contribution in [-0.4, -0.2) is 32.7 Å². The van der Waals surface area contributed by atoms with Crippen LogP contribution in [0.3, 0.4) is 0 Å². The molecule has 0 radical (unpaired) electrons. The van der Waals surface area contributed by atoms with E-state index < -0.39 is 0 Å². The van der Waals surface area contributed by atoms with Crippen LogP contribution in [0.2, 0.25) is 0 Å². The fourth-order valence-electron chi connectivity index (χ4n) is 1.94. The van der Waals surface area contributed by atoms with Crippen molar-refractivity contribution in [3.8, 4) is 11.3 Å². The van der Waals surface area contributed by atoms with Gasteiger partial charge in [-0.2, -0.15) is 16.9 Å². The lowest BCUT2D eigenvalue weighted by molar-refractivity contribution is -0.119. The Kier molecular flexibility index (Phi) is 4.21. The van der Waals surface area contributed by atoms with Crippen LogP contribution in [0.4, 0.5) is 0 Å². The molecule has 0 aliphatic rings. The first kappa shape index (κ1) is 13.6. The molecule has 0 saturated heterocycles. The summed E-state index contributed by atoms with van der Waals surface area (Å²) in [6.45, 7) is 0. The number of pyridine rings is 1. The molecule has 19 heavy (non-hydrogen) atoms. The molecule has 100 valence electrons. The number of hydrogen-bond donors (Lipinski definition) is 1. The molecule has 1 unspecified atom stereocenters. The molecule has 0 aromatic carbocycles. The van der Waals surface area contributed by atoms with Gasteiger partial charge in [-0.1, -0.05) is 0 Å². The molecule has 2 heterocycles. The summed E-state index contributed by atoms with van der Waals surface area (Å²) in [5, 5.41) is 4.43. The molecule has 2 aromatic heterocycles. The number of carbonyl (C=O) groups is 1. The number of aromatic nitrogens is 3. The monoisotopic (exact) mass is 276 g/mol. The highest BCUT2D eigenvalue weighted by Crippen LogP contribution is 2.24. The minimum Gasteiger partial charge on any atom is -0.369 e. The molecule has 2 rings (SSSR count). The first-order valence-corrected chi connectivity index (χ1v) is 7.25. The summed E-state index contributed by atoms with van der Waals surface area (Å²) in [6, 6.07) is 5.70. The standard InChI is InChI=1S/C13H16N4OS/c1-17-12(10(8-19-2)13(14)18)6-11(16-17)9-4-3-5-15-7-9/h3-7,10H,8H2,1-2H3,(H2,14,18). The molecule has 0 aliphatic carbocycles. The van der Waals surface area contributed by atoms with Crippen molar-refractivity contribution >= 4 is 17.7 Å². The number of carbonyl (C=O) groups excluding carboxylic acids is 1. The van der Waals surface area contributed by atoms with E-state index in [1.54, 1.807) is 28.8 Å². The molecular formula is C13H16N4OS. The van der Waals surface area contributed by atoms with Crippen LogP contribution in [-0.2, 0) is 11.8 Å². The zero-order valence-electron chi connectivity index (χ0n) is 10.9. The maximum atomic E-state index is 11.5. The normalized spacial score (nSPS) is 12.3. The highest BCUT2D eigenvalue weighted by atomic mass is 32.2. The largest absolute Gasteiger partial charge is 0.369 e. The van der Waals surface area contributed by atoms with E-state index in [1.807, 2.05) is 31.5 Å². The zero-order chi connectivity index (χ0) is 13.8. The van der Waals surface area contributed by atoms with Gasteiger partial charge in [-0.3, -0.25) is 14.5 Å². The van der Waals surface area contributed by atoms with E-state index in [0.29, 0.717) is 5.75 Å². The van der Waals surface area contributed by atoms with Gasteiger partial charge in [-0.15, -0.1) is 0 Å². The topological polar surface area (TPSA) is 73.8 Å². The minimum absolute atomic E-state index is 0.321. The molecule has 0 spiro atoms. The van der Waals surface area contributed by atoms with Gasteiger partial charge in [0.2, 0.25) is 5.91 Å². The van der Waals surface area contributed by atoms with Gasteiger partial charge in [0.1, 0.15) is 0 Å². The maximum absolute atomic E-state index is 11.5. The van der Waals surface area contributed by atoms with Crippen molar-refractivity contribution in [2.45, 2.75) is 5.92 Å². The molecule has 0 bridgehead atoms. The second kappa shape index (κ2) is 5.88. The Bertz CT molecular complexity index is 567. The summed E-state index contributed by atoms with van der Waals surface area (Å²) < 4.78 is 1.72. The van der Waals surface area contributed by atoms with Crippen LogP contribution >= 0.6 is 11.8 Å². The van der Waals surface area contributed by atoms with Crippen LogP contribution < -0.4 is 5.73 Å². The van der Waals surface area contributed by atoms with Crippen molar-refractivity contribution in [1.82, 2.24) is 14.8 Å². The van der Waals surface area contributed by atoms with Gasteiger partial charge >= 0.3 is 0 Å². The summed E-state index contributed by atoms with van der Waals surface area (Å²) in [5.41, 5.74) is 8.03. The number of nitrogens with zero attached hydrogens (tertiary/aromatic N) is 3. The lowest BCUT2D eigenvalue weighted by atomic mass is 10.1. The second-order valence-corrected chi connectivity index (χ2v) is 5.14. The third-order valence-electron chi connectivity index (χ3n) is 2.91. The summed E-state index contributed by atoms with van der Waals surface area (Å²) >= 11 is 1.59. The van der Waals surface area contributed by atoms with Crippen molar-refractivity contribution in [1.29, 1.82) is 0 Å². The Labute approximate surface area is 116 Å². The van der Waals surface area contributed by atoms with Gasteiger partial charge in [0.25, 0.3) is 0 Å². The van der Waals surface area contributed by atoms with E-state index in [9.17, 15) is 4.79 Å². The number of amides is 1. The molecule has 0 aliphatic heterocycles. The first-order valence-electron chi connectivity index (χ1n) is 5.86. The van der Waals surface area contributed by atoms with E-state index in [2.05, 4.69) is 10.1 Å². The molecular weight excluding hydrogens is 260 g/mol.